The number of aromatic nitrogens is 2. The molecule has 3 rings (SSSR count). The highest BCUT2D eigenvalue weighted by atomic mass is 14.9. The number of hydrogen-bond donors (Lipinski definition) is 0. The standard InChI is InChI=1S/C8H6N2/c1-2-10-5-9-4-7-3-6(1)8(7)10/h1-2,4-5H,3H2. The van der Waals surface area contributed by atoms with E-state index in [0.29, 0.717) is 0 Å². The van der Waals surface area contributed by atoms with Gasteiger partial charge in [0.2, 0.25) is 0 Å². The average Bonchev–Trinajstić information content (AvgIpc) is 2.25. The number of hydrogen-bond acceptors (Lipinski definition) is 1. The van der Waals surface area contributed by atoms with Gasteiger partial charge in [0.05, 0.1) is 11.8 Å². The minimum atomic E-state index is 1.11. The molecular weight excluding hydrogens is 124 g/mol. The fourth-order valence-corrected chi connectivity index (χ4v) is 1.58. The van der Waals surface area contributed by atoms with E-state index in [1.54, 1.807) is 0 Å². The molecule has 48 valence electrons. The SMILES string of the molecule is c1cn2cncc3c2c1C3. The van der Waals surface area contributed by atoms with Crippen LogP contribution in [0.25, 0.3) is 5.52 Å². The zero-order valence-corrected chi connectivity index (χ0v) is 5.41. The maximum Gasteiger partial charge on any atom is 0.0990 e. The zero-order chi connectivity index (χ0) is 6.55. The fraction of sp³-hybridized carbons (Fsp3) is 0.125. The van der Waals surface area contributed by atoms with Gasteiger partial charge in [-0.05, 0) is 17.2 Å². The summed E-state index contributed by atoms with van der Waals surface area (Å²) < 4.78 is 2.08. The molecule has 2 aromatic heterocycles. The smallest absolute Gasteiger partial charge is 0.0990 e. The molecule has 2 nitrogen and oxygen atoms in total. The van der Waals surface area contributed by atoms with E-state index in [-0.39, 0.29) is 0 Å². The van der Waals surface area contributed by atoms with Crippen LogP contribution >= 0.6 is 0 Å². The second kappa shape index (κ2) is 1.24. The summed E-state index contributed by atoms with van der Waals surface area (Å²) in [6, 6.07) is 2.16. The van der Waals surface area contributed by atoms with Gasteiger partial charge in [-0.3, -0.25) is 0 Å². The minimum absolute atomic E-state index is 1.11. The monoisotopic (exact) mass is 130 g/mol. The van der Waals surface area contributed by atoms with Gasteiger partial charge >= 0.3 is 0 Å². The molecule has 0 unspecified atom stereocenters. The Hall–Kier alpha value is -1.31. The predicted octanol–water partition coefficient (Wildman–Crippen LogP) is 1.24. The lowest BCUT2D eigenvalue weighted by Gasteiger charge is -2.13. The summed E-state index contributed by atoms with van der Waals surface area (Å²) in [5, 5.41) is 0. The molecule has 0 aliphatic heterocycles. The van der Waals surface area contributed by atoms with Crippen molar-refractivity contribution in [3.05, 3.63) is 35.9 Å². The van der Waals surface area contributed by atoms with Crippen LogP contribution in [0.5, 0.6) is 0 Å². The Morgan fingerprint density at radius 1 is 1.40 bits per heavy atom. The van der Waals surface area contributed by atoms with E-state index >= 15 is 0 Å². The molecule has 0 saturated carbocycles. The predicted molar refractivity (Wildman–Crippen MR) is 38.0 cm³/mol. The zero-order valence-electron chi connectivity index (χ0n) is 5.41. The van der Waals surface area contributed by atoms with Crippen molar-refractivity contribution in [2.75, 3.05) is 0 Å². The van der Waals surface area contributed by atoms with Crippen molar-refractivity contribution in [1.82, 2.24) is 9.38 Å². The number of nitrogens with zero attached hydrogens (tertiary/aromatic N) is 2. The minimum Gasteiger partial charge on any atom is -0.307 e. The van der Waals surface area contributed by atoms with Crippen molar-refractivity contribution in [3.63, 3.8) is 0 Å². The lowest BCUT2D eigenvalue weighted by molar-refractivity contribution is 1.01. The first-order valence-corrected chi connectivity index (χ1v) is 3.37. The summed E-state index contributed by atoms with van der Waals surface area (Å²) in [7, 11) is 0. The van der Waals surface area contributed by atoms with Crippen molar-refractivity contribution < 1.29 is 0 Å². The largest absolute Gasteiger partial charge is 0.307 e. The molecule has 0 atom stereocenters. The Bertz CT molecular complexity index is 401. The van der Waals surface area contributed by atoms with Gasteiger partial charge in [-0.2, -0.15) is 0 Å². The van der Waals surface area contributed by atoms with Crippen LogP contribution in [0, 0.1) is 0 Å². The normalized spacial score (nSPS) is 13.6. The first-order valence-electron chi connectivity index (χ1n) is 3.37. The third-order valence-corrected chi connectivity index (χ3v) is 2.11. The fourth-order valence-electron chi connectivity index (χ4n) is 1.58. The highest BCUT2D eigenvalue weighted by Gasteiger charge is 2.16. The Morgan fingerprint density at radius 2 is 2.40 bits per heavy atom. The molecule has 0 bridgehead atoms. The van der Waals surface area contributed by atoms with Gasteiger partial charge in [-0.15, -0.1) is 0 Å². The van der Waals surface area contributed by atoms with E-state index in [1.165, 1.54) is 16.6 Å². The first-order chi connectivity index (χ1) is 4.95. The van der Waals surface area contributed by atoms with Crippen LogP contribution < -0.4 is 0 Å². The van der Waals surface area contributed by atoms with Crippen molar-refractivity contribution in [2.45, 2.75) is 6.42 Å². The van der Waals surface area contributed by atoms with Gasteiger partial charge in [0.25, 0.3) is 0 Å². The van der Waals surface area contributed by atoms with Crippen LogP contribution in [0.1, 0.15) is 11.1 Å². The summed E-state index contributed by atoms with van der Waals surface area (Å²) in [5.74, 6) is 0. The molecule has 2 aromatic rings. The van der Waals surface area contributed by atoms with Crippen LogP contribution in [0.2, 0.25) is 0 Å². The summed E-state index contributed by atoms with van der Waals surface area (Å²) in [4.78, 5) is 4.09. The van der Waals surface area contributed by atoms with E-state index in [1.807, 2.05) is 12.5 Å². The van der Waals surface area contributed by atoms with Gasteiger partial charge in [0, 0.05) is 18.8 Å². The molecule has 1 aliphatic carbocycles. The van der Waals surface area contributed by atoms with Crippen LogP contribution in [0.3, 0.4) is 0 Å². The molecule has 0 saturated heterocycles. The highest BCUT2D eigenvalue weighted by Crippen LogP contribution is 2.28. The van der Waals surface area contributed by atoms with Crippen LogP contribution in [0.4, 0.5) is 0 Å². The molecular formula is C8H6N2. The third-order valence-electron chi connectivity index (χ3n) is 2.11. The molecule has 0 spiro atoms. The summed E-state index contributed by atoms with van der Waals surface area (Å²) >= 11 is 0. The van der Waals surface area contributed by atoms with Crippen molar-refractivity contribution >= 4 is 5.52 Å². The Balaban J connectivity index is 2.68. The summed E-state index contributed by atoms with van der Waals surface area (Å²) in [5.41, 5.74) is 4.20. The molecule has 10 heavy (non-hydrogen) atoms. The summed E-state index contributed by atoms with van der Waals surface area (Å²) in [6.07, 6.45) is 6.97. The van der Waals surface area contributed by atoms with E-state index in [2.05, 4.69) is 21.6 Å². The average molecular weight is 130 g/mol. The lowest BCUT2D eigenvalue weighted by Crippen LogP contribution is -2.03. The maximum atomic E-state index is 4.09. The second-order valence-electron chi connectivity index (χ2n) is 2.69. The first kappa shape index (κ1) is 4.50. The Labute approximate surface area is 58.1 Å². The topological polar surface area (TPSA) is 17.3 Å². The van der Waals surface area contributed by atoms with Gasteiger partial charge in [-0.1, -0.05) is 0 Å². The van der Waals surface area contributed by atoms with E-state index < -0.39 is 0 Å². The number of rotatable bonds is 0. The quantitative estimate of drug-likeness (QED) is 0.447. The Morgan fingerprint density at radius 3 is 3.30 bits per heavy atom. The molecule has 0 aromatic carbocycles. The maximum absolute atomic E-state index is 4.09. The molecule has 1 aliphatic rings. The van der Waals surface area contributed by atoms with E-state index in [0.717, 1.165) is 6.42 Å². The van der Waals surface area contributed by atoms with Gasteiger partial charge in [0.15, 0.2) is 0 Å². The van der Waals surface area contributed by atoms with Crippen molar-refractivity contribution in [2.24, 2.45) is 0 Å². The van der Waals surface area contributed by atoms with Crippen molar-refractivity contribution in [1.29, 1.82) is 0 Å². The molecule has 0 fully saturated rings. The van der Waals surface area contributed by atoms with Crippen LogP contribution in [-0.2, 0) is 6.42 Å². The van der Waals surface area contributed by atoms with E-state index in [4.69, 9.17) is 0 Å². The highest BCUT2D eigenvalue weighted by molar-refractivity contribution is 5.70. The van der Waals surface area contributed by atoms with Crippen LogP contribution in [-0.4, -0.2) is 9.38 Å². The van der Waals surface area contributed by atoms with Crippen molar-refractivity contribution in [3.8, 4) is 0 Å². The summed E-state index contributed by atoms with van der Waals surface area (Å²) in [6.45, 7) is 0. The van der Waals surface area contributed by atoms with Crippen LogP contribution in [0.15, 0.2) is 24.8 Å². The molecule has 0 N–H and O–H groups in total. The molecule has 0 amide bonds. The second-order valence-corrected chi connectivity index (χ2v) is 2.69. The van der Waals surface area contributed by atoms with Gasteiger partial charge < -0.3 is 4.40 Å². The molecule has 2 heteroatoms. The molecule has 0 radical (unpaired) electrons. The Kier molecular flexibility index (Phi) is 0.556. The van der Waals surface area contributed by atoms with E-state index in [9.17, 15) is 0 Å². The van der Waals surface area contributed by atoms with Gasteiger partial charge in [0.1, 0.15) is 0 Å². The third kappa shape index (κ3) is 0.328. The lowest BCUT2D eigenvalue weighted by atomic mass is 9.97. The van der Waals surface area contributed by atoms with Gasteiger partial charge in [-0.25, -0.2) is 4.98 Å². The molecule has 2 heterocycles.